The Balaban J connectivity index is 2.28. The van der Waals surface area contributed by atoms with E-state index < -0.39 is 0 Å². The lowest BCUT2D eigenvalue weighted by atomic mass is 10.3. The highest BCUT2D eigenvalue weighted by atomic mass is 31.1. The highest BCUT2D eigenvalue weighted by Gasteiger charge is 1.95. The van der Waals surface area contributed by atoms with Gasteiger partial charge in [-0.25, -0.2) is 0 Å². The predicted molar refractivity (Wildman–Crippen MR) is 58.2 cm³/mol. The van der Waals surface area contributed by atoms with Crippen LogP contribution in [0.4, 0.5) is 0 Å². The van der Waals surface area contributed by atoms with Crippen LogP contribution in [0.3, 0.4) is 0 Å². The SMILES string of the molecule is CCCCCPc1cc(O)ccn1. The van der Waals surface area contributed by atoms with Crippen molar-refractivity contribution in [1.29, 1.82) is 0 Å². The molecule has 2 nitrogen and oxygen atoms in total. The second-order valence-electron chi connectivity index (χ2n) is 3.03. The average Bonchev–Trinajstić information content (AvgIpc) is 2.13. The normalized spacial score (nSPS) is 11.2. The molecule has 0 spiro atoms. The lowest BCUT2D eigenvalue weighted by Crippen LogP contribution is -1.99. The Bertz CT molecular complexity index is 252. The summed E-state index contributed by atoms with van der Waals surface area (Å²) < 4.78 is 0. The van der Waals surface area contributed by atoms with Crippen LogP contribution in [0.1, 0.15) is 26.2 Å². The van der Waals surface area contributed by atoms with E-state index >= 15 is 0 Å². The van der Waals surface area contributed by atoms with Crippen LogP contribution in [0, 0.1) is 0 Å². The first-order chi connectivity index (χ1) is 6.33. The van der Waals surface area contributed by atoms with E-state index in [9.17, 15) is 5.11 Å². The van der Waals surface area contributed by atoms with Gasteiger partial charge in [-0.3, -0.25) is 4.98 Å². The molecule has 0 bridgehead atoms. The highest BCUT2D eigenvalue weighted by molar-refractivity contribution is 7.46. The van der Waals surface area contributed by atoms with E-state index in [1.165, 1.54) is 25.4 Å². The lowest BCUT2D eigenvalue weighted by Gasteiger charge is -2.00. The molecular formula is C10H16NOP. The zero-order chi connectivity index (χ0) is 9.52. The minimum atomic E-state index is 0.327. The molecule has 1 aromatic rings. The number of hydrogen-bond donors (Lipinski definition) is 1. The molecule has 1 N–H and O–H groups in total. The van der Waals surface area contributed by atoms with E-state index in [4.69, 9.17) is 0 Å². The van der Waals surface area contributed by atoms with Crippen LogP contribution in [-0.2, 0) is 0 Å². The summed E-state index contributed by atoms with van der Waals surface area (Å²) in [5.41, 5.74) is 1.02. The molecule has 0 saturated carbocycles. The number of nitrogens with zero attached hydrogens (tertiary/aromatic N) is 1. The summed E-state index contributed by atoms with van der Waals surface area (Å²) in [4.78, 5) is 4.19. The first-order valence-corrected chi connectivity index (χ1v) is 5.92. The van der Waals surface area contributed by atoms with Crippen molar-refractivity contribution in [3.8, 4) is 5.75 Å². The minimum Gasteiger partial charge on any atom is -0.508 e. The van der Waals surface area contributed by atoms with Gasteiger partial charge in [0.05, 0.1) is 5.44 Å². The van der Waals surface area contributed by atoms with Crippen molar-refractivity contribution in [2.75, 3.05) is 6.16 Å². The van der Waals surface area contributed by atoms with Gasteiger partial charge in [0.25, 0.3) is 0 Å². The van der Waals surface area contributed by atoms with Crippen LogP contribution in [0.25, 0.3) is 0 Å². The van der Waals surface area contributed by atoms with Gasteiger partial charge in [-0.05, 0) is 18.6 Å². The van der Waals surface area contributed by atoms with Crippen LogP contribution in [0.15, 0.2) is 18.3 Å². The zero-order valence-electron chi connectivity index (χ0n) is 7.95. The summed E-state index contributed by atoms with van der Waals surface area (Å²) in [6.45, 7) is 2.20. The average molecular weight is 197 g/mol. The van der Waals surface area contributed by atoms with Gasteiger partial charge < -0.3 is 5.11 Å². The van der Waals surface area contributed by atoms with E-state index in [2.05, 4.69) is 11.9 Å². The second-order valence-corrected chi connectivity index (χ2v) is 4.40. The van der Waals surface area contributed by atoms with Crippen molar-refractivity contribution < 1.29 is 5.11 Å². The van der Waals surface area contributed by atoms with Gasteiger partial charge in [0, 0.05) is 12.3 Å². The number of hydrogen-bond acceptors (Lipinski definition) is 2. The predicted octanol–water partition coefficient (Wildman–Crippen LogP) is 2.28. The fourth-order valence-corrected chi connectivity index (χ4v) is 2.21. The van der Waals surface area contributed by atoms with Gasteiger partial charge in [-0.2, -0.15) is 0 Å². The van der Waals surface area contributed by atoms with Crippen molar-refractivity contribution in [2.24, 2.45) is 0 Å². The fourth-order valence-electron chi connectivity index (χ4n) is 1.11. The molecule has 3 heteroatoms. The summed E-state index contributed by atoms with van der Waals surface area (Å²) in [5, 5.41) is 9.18. The largest absolute Gasteiger partial charge is 0.508 e. The van der Waals surface area contributed by atoms with Crippen LogP contribution < -0.4 is 5.44 Å². The standard InChI is InChI=1S/C10H16NOP/c1-2-3-4-7-13-10-8-9(12)5-6-11-10/h5-6,8,13H,2-4,7H2,1H3,(H,11,12). The van der Waals surface area contributed by atoms with Gasteiger partial charge in [-0.15, -0.1) is 0 Å². The number of unbranched alkanes of at least 4 members (excludes halogenated alkanes) is 2. The zero-order valence-corrected chi connectivity index (χ0v) is 8.95. The van der Waals surface area contributed by atoms with E-state index in [1.807, 2.05) is 0 Å². The summed E-state index contributed by atoms with van der Waals surface area (Å²) >= 11 is 0. The molecule has 0 radical (unpaired) electrons. The fraction of sp³-hybridized carbons (Fsp3) is 0.500. The molecule has 1 unspecified atom stereocenters. The second kappa shape index (κ2) is 5.93. The Morgan fingerprint density at radius 1 is 1.46 bits per heavy atom. The van der Waals surface area contributed by atoms with E-state index in [0.29, 0.717) is 5.75 Å². The van der Waals surface area contributed by atoms with Crippen LogP contribution in [0.2, 0.25) is 0 Å². The molecule has 0 fully saturated rings. The molecule has 0 aliphatic carbocycles. The number of aromatic hydroxyl groups is 1. The van der Waals surface area contributed by atoms with E-state index in [-0.39, 0.29) is 0 Å². The monoisotopic (exact) mass is 197 g/mol. The van der Waals surface area contributed by atoms with Gasteiger partial charge in [0.15, 0.2) is 0 Å². The third-order valence-electron chi connectivity index (χ3n) is 1.83. The van der Waals surface area contributed by atoms with Crippen LogP contribution in [0.5, 0.6) is 5.75 Å². The van der Waals surface area contributed by atoms with Gasteiger partial charge in [0.1, 0.15) is 5.75 Å². The Morgan fingerprint density at radius 2 is 2.31 bits per heavy atom. The Hall–Kier alpha value is -0.620. The van der Waals surface area contributed by atoms with Crippen LogP contribution in [-0.4, -0.2) is 16.3 Å². The third-order valence-corrected chi connectivity index (χ3v) is 3.07. The van der Waals surface area contributed by atoms with Crippen molar-refractivity contribution in [2.45, 2.75) is 26.2 Å². The summed E-state index contributed by atoms with van der Waals surface area (Å²) in [6.07, 6.45) is 6.69. The number of pyridine rings is 1. The van der Waals surface area contributed by atoms with E-state index in [0.717, 1.165) is 14.0 Å². The molecule has 0 aromatic carbocycles. The minimum absolute atomic E-state index is 0.327. The maximum Gasteiger partial charge on any atom is 0.119 e. The summed E-state index contributed by atoms with van der Waals surface area (Å²) in [5.74, 6) is 0.327. The Kier molecular flexibility index (Phi) is 4.77. The number of aromatic nitrogens is 1. The van der Waals surface area contributed by atoms with Gasteiger partial charge >= 0.3 is 0 Å². The molecule has 0 amide bonds. The quantitative estimate of drug-likeness (QED) is 0.580. The molecule has 0 aliphatic rings. The molecule has 0 saturated heterocycles. The summed E-state index contributed by atoms with van der Waals surface area (Å²) in [6, 6.07) is 3.37. The van der Waals surface area contributed by atoms with Crippen molar-refractivity contribution >= 4 is 14.0 Å². The molecule has 0 aliphatic heterocycles. The molecule has 1 heterocycles. The third kappa shape index (κ3) is 4.23. The number of rotatable bonds is 5. The van der Waals surface area contributed by atoms with E-state index in [1.54, 1.807) is 18.3 Å². The van der Waals surface area contributed by atoms with Crippen LogP contribution >= 0.6 is 8.58 Å². The van der Waals surface area contributed by atoms with Crippen molar-refractivity contribution in [3.63, 3.8) is 0 Å². The first kappa shape index (κ1) is 10.5. The topological polar surface area (TPSA) is 33.1 Å². The Morgan fingerprint density at radius 3 is 3.00 bits per heavy atom. The molecule has 1 rings (SSSR count). The molecule has 1 aromatic heterocycles. The molecule has 13 heavy (non-hydrogen) atoms. The first-order valence-electron chi connectivity index (χ1n) is 4.72. The molecule has 1 atom stereocenters. The highest BCUT2D eigenvalue weighted by Crippen LogP contribution is 2.14. The van der Waals surface area contributed by atoms with Gasteiger partial charge in [-0.1, -0.05) is 28.3 Å². The van der Waals surface area contributed by atoms with Crippen molar-refractivity contribution in [3.05, 3.63) is 18.3 Å². The lowest BCUT2D eigenvalue weighted by molar-refractivity contribution is 0.475. The van der Waals surface area contributed by atoms with Gasteiger partial charge in [0.2, 0.25) is 0 Å². The smallest absolute Gasteiger partial charge is 0.119 e. The maximum absolute atomic E-state index is 9.18. The maximum atomic E-state index is 9.18. The molecule has 72 valence electrons. The Labute approximate surface area is 81.2 Å². The summed E-state index contributed by atoms with van der Waals surface area (Å²) in [7, 11) is 0.740. The molecular weight excluding hydrogens is 181 g/mol. The van der Waals surface area contributed by atoms with Crippen molar-refractivity contribution in [1.82, 2.24) is 4.98 Å².